The first-order valence-electron chi connectivity index (χ1n) is 11.7. The van der Waals surface area contributed by atoms with Crippen LogP contribution >= 0.6 is 11.3 Å². The Labute approximate surface area is 209 Å². The van der Waals surface area contributed by atoms with Gasteiger partial charge in [-0.25, -0.2) is 9.59 Å². The number of carbonyl (C=O) groups excluding carboxylic acids is 3. The van der Waals surface area contributed by atoms with Gasteiger partial charge in [-0.15, -0.1) is 11.3 Å². The number of benzene rings is 1. The topological polar surface area (TPSA) is 95.9 Å². The number of methoxy groups -OCH3 is 1. The molecule has 8 nitrogen and oxygen atoms in total. The molecule has 0 bridgehead atoms. The lowest BCUT2D eigenvalue weighted by atomic mass is 10.1. The molecular weight excluding hydrogens is 468 g/mol. The number of anilines is 1. The molecule has 0 saturated heterocycles. The summed E-state index contributed by atoms with van der Waals surface area (Å²) in [5.41, 5.74) is 4.11. The molecule has 0 atom stereocenters. The van der Waals surface area contributed by atoms with Gasteiger partial charge < -0.3 is 24.1 Å². The van der Waals surface area contributed by atoms with Crippen LogP contribution in [0.3, 0.4) is 0 Å². The van der Waals surface area contributed by atoms with Crippen LogP contribution in [0.5, 0.6) is 0 Å². The number of esters is 2. The van der Waals surface area contributed by atoms with Crippen LogP contribution in [0.4, 0.5) is 5.00 Å². The molecule has 0 aliphatic carbocycles. The highest BCUT2D eigenvalue weighted by Gasteiger charge is 2.29. The zero-order valence-corrected chi connectivity index (χ0v) is 21.9. The van der Waals surface area contributed by atoms with Crippen LogP contribution in [0, 0.1) is 13.8 Å². The first kappa shape index (κ1) is 26.4. The number of nitrogens with zero attached hydrogens (tertiary/aromatic N) is 1. The van der Waals surface area contributed by atoms with E-state index in [9.17, 15) is 14.4 Å². The summed E-state index contributed by atoms with van der Waals surface area (Å²) in [7, 11) is 1.51. The fourth-order valence-electron chi connectivity index (χ4n) is 4.10. The molecule has 0 fully saturated rings. The van der Waals surface area contributed by atoms with Gasteiger partial charge in [0.15, 0.2) is 0 Å². The average Bonchev–Trinajstić information content (AvgIpc) is 3.32. The summed E-state index contributed by atoms with van der Waals surface area (Å²) in [4.78, 5) is 39.2. The van der Waals surface area contributed by atoms with Gasteiger partial charge in [-0.1, -0.05) is 13.0 Å². The smallest absolute Gasteiger partial charge is 0.348 e. The van der Waals surface area contributed by atoms with Crippen LogP contribution in [-0.2, 0) is 27.2 Å². The number of aromatic nitrogens is 1. The molecule has 1 N–H and O–H groups in total. The van der Waals surface area contributed by atoms with Crippen molar-refractivity contribution in [3.8, 4) is 0 Å². The van der Waals surface area contributed by atoms with E-state index in [-0.39, 0.29) is 41.2 Å². The number of ether oxygens (including phenoxy) is 3. The fraction of sp³-hybridized carbons (Fsp3) is 0.423. The fourth-order valence-corrected chi connectivity index (χ4v) is 5.19. The third-order valence-corrected chi connectivity index (χ3v) is 7.07. The van der Waals surface area contributed by atoms with E-state index in [2.05, 4.69) is 24.4 Å². The second-order valence-corrected chi connectivity index (χ2v) is 9.01. The maximum Gasteiger partial charge on any atom is 0.348 e. The summed E-state index contributed by atoms with van der Waals surface area (Å²) < 4.78 is 17.3. The van der Waals surface area contributed by atoms with Crippen molar-refractivity contribution in [2.75, 3.05) is 32.2 Å². The molecule has 1 aromatic carbocycles. The van der Waals surface area contributed by atoms with Gasteiger partial charge in [0, 0.05) is 24.6 Å². The average molecular weight is 501 g/mol. The van der Waals surface area contributed by atoms with E-state index in [1.54, 1.807) is 13.8 Å². The second-order valence-electron chi connectivity index (χ2n) is 7.99. The number of hydrogen-bond acceptors (Lipinski definition) is 7. The first-order chi connectivity index (χ1) is 16.8. The Hall–Kier alpha value is -3.17. The summed E-state index contributed by atoms with van der Waals surface area (Å²) >= 11 is 1.00. The molecule has 0 spiro atoms. The minimum atomic E-state index is -0.604. The van der Waals surface area contributed by atoms with Crippen molar-refractivity contribution < 1.29 is 28.6 Å². The van der Waals surface area contributed by atoms with Crippen LogP contribution in [0.1, 0.15) is 68.0 Å². The molecular formula is C26H32N2O6S. The van der Waals surface area contributed by atoms with Gasteiger partial charge in [0.2, 0.25) is 0 Å². The van der Waals surface area contributed by atoms with Crippen molar-refractivity contribution >= 4 is 45.1 Å². The summed E-state index contributed by atoms with van der Waals surface area (Å²) in [6.45, 7) is 10.4. The van der Waals surface area contributed by atoms with Crippen molar-refractivity contribution in [3.63, 3.8) is 0 Å². The largest absolute Gasteiger partial charge is 0.462 e. The molecule has 3 rings (SSSR count). The van der Waals surface area contributed by atoms with Crippen molar-refractivity contribution in [2.45, 2.75) is 47.6 Å². The first-order valence-corrected chi connectivity index (χ1v) is 12.5. The lowest BCUT2D eigenvalue weighted by Gasteiger charge is -2.10. The molecule has 0 aliphatic rings. The highest BCUT2D eigenvalue weighted by atomic mass is 32.1. The van der Waals surface area contributed by atoms with Gasteiger partial charge in [-0.05, 0) is 62.9 Å². The molecule has 0 radical (unpaired) electrons. The molecule has 9 heteroatoms. The summed E-state index contributed by atoms with van der Waals surface area (Å²) in [5, 5.41) is 4.16. The summed E-state index contributed by atoms with van der Waals surface area (Å²) in [5.74, 6) is -1.54. The van der Waals surface area contributed by atoms with E-state index in [1.807, 2.05) is 24.5 Å². The summed E-state index contributed by atoms with van der Waals surface area (Å²) in [6.07, 6.45) is 0.898. The van der Waals surface area contributed by atoms with Crippen LogP contribution in [-0.4, -0.2) is 49.3 Å². The van der Waals surface area contributed by atoms with E-state index < -0.39 is 11.9 Å². The van der Waals surface area contributed by atoms with Crippen LogP contribution in [0.25, 0.3) is 10.9 Å². The molecule has 2 aromatic heterocycles. The van der Waals surface area contributed by atoms with Crippen molar-refractivity contribution in [3.05, 3.63) is 51.0 Å². The standard InChI is InChI=1S/C26H32N2O6S/c1-7-17-10-11-19-18(14-17)15(4)21(28(19)8-2)23(29)27-24-20(25(30)33-9-3)16(5)22(35-24)26(31)34-13-12-32-6/h10-11,14H,7-9,12-13H2,1-6H3,(H,27,29). The number of carbonyl (C=O) groups is 3. The Morgan fingerprint density at radius 1 is 1.00 bits per heavy atom. The molecule has 0 saturated carbocycles. The number of fused-ring (bicyclic) bond motifs is 1. The summed E-state index contributed by atoms with van der Waals surface area (Å²) in [6, 6.07) is 6.22. The molecule has 35 heavy (non-hydrogen) atoms. The number of thiophene rings is 1. The lowest BCUT2D eigenvalue weighted by Crippen LogP contribution is -2.19. The Kier molecular flexibility index (Phi) is 8.69. The van der Waals surface area contributed by atoms with E-state index >= 15 is 0 Å². The normalized spacial score (nSPS) is 11.0. The van der Waals surface area contributed by atoms with E-state index in [0.717, 1.165) is 34.2 Å². The van der Waals surface area contributed by atoms with Gasteiger partial charge in [0.05, 0.1) is 18.8 Å². The second kappa shape index (κ2) is 11.5. The van der Waals surface area contributed by atoms with Gasteiger partial charge in [0.1, 0.15) is 22.2 Å². The highest BCUT2D eigenvalue weighted by Crippen LogP contribution is 2.35. The zero-order chi connectivity index (χ0) is 25.7. The third-order valence-electron chi connectivity index (χ3n) is 5.88. The van der Waals surface area contributed by atoms with Gasteiger partial charge in [0.25, 0.3) is 5.91 Å². The van der Waals surface area contributed by atoms with E-state index in [1.165, 1.54) is 12.7 Å². The number of amides is 1. The number of rotatable bonds is 10. The Balaban J connectivity index is 2.04. The predicted octanol–water partition coefficient (Wildman–Crippen LogP) is 5.13. The minimum Gasteiger partial charge on any atom is -0.462 e. The number of aryl methyl sites for hydroxylation is 3. The minimum absolute atomic E-state index is 0.0820. The predicted molar refractivity (Wildman–Crippen MR) is 137 cm³/mol. The molecule has 1 amide bonds. The van der Waals surface area contributed by atoms with Gasteiger partial charge in [-0.2, -0.15) is 0 Å². The quantitative estimate of drug-likeness (QED) is 0.306. The zero-order valence-electron chi connectivity index (χ0n) is 21.1. The molecule has 0 unspecified atom stereocenters. The van der Waals surface area contributed by atoms with Crippen molar-refractivity contribution in [1.82, 2.24) is 4.57 Å². The van der Waals surface area contributed by atoms with Gasteiger partial charge >= 0.3 is 11.9 Å². The van der Waals surface area contributed by atoms with Crippen molar-refractivity contribution in [2.24, 2.45) is 0 Å². The highest BCUT2D eigenvalue weighted by molar-refractivity contribution is 7.18. The Morgan fingerprint density at radius 3 is 2.37 bits per heavy atom. The van der Waals surface area contributed by atoms with Crippen LogP contribution in [0.15, 0.2) is 18.2 Å². The molecule has 188 valence electrons. The molecule has 0 aliphatic heterocycles. The number of hydrogen-bond donors (Lipinski definition) is 1. The number of nitrogens with one attached hydrogen (secondary N) is 1. The van der Waals surface area contributed by atoms with Gasteiger partial charge in [-0.3, -0.25) is 4.79 Å². The SMILES string of the molecule is CCOC(=O)c1c(NC(=O)c2c(C)c3cc(CC)ccc3n2CC)sc(C(=O)OCCOC)c1C. The maximum atomic E-state index is 13.6. The molecule has 2 heterocycles. The Bertz CT molecular complexity index is 1260. The third kappa shape index (κ3) is 5.26. The van der Waals surface area contributed by atoms with Crippen molar-refractivity contribution in [1.29, 1.82) is 0 Å². The Morgan fingerprint density at radius 2 is 1.74 bits per heavy atom. The van der Waals surface area contributed by atoms with Crippen LogP contribution < -0.4 is 5.32 Å². The van der Waals surface area contributed by atoms with E-state index in [4.69, 9.17) is 14.2 Å². The van der Waals surface area contributed by atoms with Crippen LogP contribution in [0.2, 0.25) is 0 Å². The monoisotopic (exact) mass is 500 g/mol. The molecule has 3 aromatic rings. The van der Waals surface area contributed by atoms with E-state index in [0.29, 0.717) is 17.8 Å². The maximum absolute atomic E-state index is 13.6. The lowest BCUT2D eigenvalue weighted by molar-refractivity contribution is 0.0392.